The van der Waals surface area contributed by atoms with Gasteiger partial charge in [0.2, 0.25) is 11.8 Å². The van der Waals surface area contributed by atoms with Crippen molar-refractivity contribution in [3.8, 4) is 0 Å². The summed E-state index contributed by atoms with van der Waals surface area (Å²) in [6.45, 7) is 0.109. The number of amides is 2. The van der Waals surface area contributed by atoms with Crippen molar-refractivity contribution in [3.63, 3.8) is 0 Å². The van der Waals surface area contributed by atoms with E-state index in [4.69, 9.17) is 5.11 Å². The van der Waals surface area contributed by atoms with E-state index in [2.05, 4.69) is 4.98 Å². The number of nitrogens with zero attached hydrogens (tertiary/aromatic N) is 2. The molecule has 1 N–H and O–H groups in total. The average Bonchev–Trinajstić information content (AvgIpc) is 2.61. The van der Waals surface area contributed by atoms with E-state index in [9.17, 15) is 14.4 Å². The number of imide groups is 1. The van der Waals surface area contributed by atoms with Gasteiger partial charge in [0, 0.05) is 19.0 Å². The van der Waals surface area contributed by atoms with Crippen LogP contribution >= 0.6 is 0 Å². The van der Waals surface area contributed by atoms with Gasteiger partial charge in [-0.2, -0.15) is 0 Å². The second-order valence-corrected chi connectivity index (χ2v) is 3.72. The summed E-state index contributed by atoms with van der Waals surface area (Å²) in [6, 6.07) is 2.90. The number of hydrogen-bond donors (Lipinski definition) is 1. The topological polar surface area (TPSA) is 87.6 Å². The third kappa shape index (κ3) is 2.30. The molecule has 1 saturated heterocycles. The number of carboxylic acid groups (broad SMARTS) is 1. The Bertz CT molecular complexity index is 465. The molecule has 1 aliphatic rings. The Hall–Kier alpha value is -2.24. The van der Waals surface area contributed by atoms with E-state index in [0.29, 0.717) is 5.69 Å². The fourth-order valence-corrected chi connectivity index (χ4v) is 1.61. The third-order valence-electron chi connectivity index (χ3n) is 2.55. The van der Waals surface area contributed by atoms with Crippen LogP contribution in [-0.2, 0) is 16.1 Å². The summed E-state index contributed by atoms with van der Waals surface area (Å²) in [7, 11) is 0. The van der Waals surface area contributed by atoms with E-state index in [1.54, 1.807) is 0 Å². The van der Waals surface area contributed by atoms with Crippen LogP contribution in [0.15, 0.2) is 18.3 Å². The third-order valence-corrected chi connectivity index (χ3v) is 2.55. The second kappa shape index (κ2) is 4.32. The second-order valence-electron chi connectivity index (χ2n) is 3.72. The van der Waals surface area contributed by atoms with E-state index in [1.807, 2.05) is 0 Å². The van der Waals surface area contributed by atoms with Crippen LogP contribution in [0.2, 0.25) is 0 Å². The van der Waals surface area contributed by atoms with Crippen LogP contribution in [-0.4, -0.2) is 32.8 Å². The molecule has 1 aromatic heterocycles. The molecule has 0 aliphatic carbocycles. The van der Waals surface area contributed by atoms with Crippen molar-refractivity contribution in [2.45, 2.75) is 19.4 Å². The van der Waals surface area contributed by atoms with Crippen molar-refractivity contribution < 1.29 is 19.5 Å². The number of hydrogen-bond acceptors (Lipinski definition) is 4. The molecule has 2 rings (SSSR count). The predicted molar refractivity (Wildman–Crippen MR) is 56.0 cm³/mol. The van der Waals surface area contributed by atoms with Gasteiger partial charge in [0.05, 0.1) is 17.8 Å². The van der Waals surface area contributed by atoms with Crippen molar-refractivity contribution in [3.05, 3.63) is 29.6 Å². The lowest BCUT2D eigenvalue weighted by atomic mass is 10.2. The van der Waals surface area contributed by atoms with Crippen LogP contribution in [0.3, 0.4) is 0 Å². The molecule has 0 atom stereocenters. The molecular formula is C11H10N2O4. The summed E-state index contributed by atoms with van der Waals surface area (Å²) in [5.41, 5.74) is 0.575. The predicted octanol–water partition coefficient (Wildman–Crippen LogP) is 0.429. The average molecular weight is 234 g/mol. The summed E-state index contributed by atoms with van der Waals surface area (Å²) in [5.74, 6) is -1.48. The molecule has 6 nitrogen and oxygen atoms in total. The fourth-order valence-electron chi connectivity index (χ4n) is 1.61. The molecule has 0 bridgehead atoms. The highest BCUT2D eigenvalue weighted by Crippen LogP contribution is 2.14. The Labute approximate surface area is 96.9 Å². The number of pyridine rings is 1. The van der Waals surface area contributed by atoms with Crippen molar-refractivity contribution in [1.29, 1.82) is 0 Å². The van der Waals surface area contributed by atoms with Crippen LogP contribution in [0.5, 0.6) is 0 Å². The fraction of sp³-hybridized carbons (Fsp3) is 0.273. The van der Waals surface area contributed by atoms with Crippen LogP contribution < -0.4 is 0 Å². The molecule has 0 saturated carbocycles. The highest BCUT2D eigenvalue weighted by Gasteiger charge is 2.28. The van der Waals surface area contributed by atoms with Crippen LogP contribution in [0.25, 0.3) is 0 Å². The lowest BCUT2D eigenvalue weighted by Crippen LogP contribution is -2.28. The lowest BCUT2D eigenvalue weighted by Gasteiger charge is -2.12. The van der Waals surface area contributed by atoms with Gasteiger partial charge in [-0.1, -0.05) is 0 Å². The Morgan fingerprint density at radius 1 is 1.29 bits per heavy atom. The van der Waals surface area contributed by atoms with Gasteiger partial charge in [0.1, 0.15) is 0 Å². The zero-order chi connectivity index (χ0) is 12.4. The minimum absolute atomic E-state index is 0.0767. The van der Waals surface area contributed by atoms with Crippen molar-refractivity contribution in [2.75, 3.05) is 0 Å². The molecular weight excluding hydrogens is 224 g/mol. The van der Waals surface area contributed by atoms with E-state index >= 15 is 0 Å². The van der Waals surface area contributed by atoms with Gasteiger partial charge in [-0.3, -0.25) is 19.5 Å². The molecule has 2 amide bonds. The van der Waals surface area contributed by atoms with E-state index in [0.717, 1.165) is 4.90 Å². The lowest BCUT2D eigenvalue weighted by molar-refractivity contribution is -0.139. The number of aromatic nitrogens is 1. The van der Waals surface area contributed by atoms with Crippen LogP contribution in [0.4, 0.5) is 0 Å². The largest absolute Gasteiger partial charge is 0.478 e. The zero-order valence-corrected chi connectivity index (χ0v) is 8.92. The summed E-state index contributed by atoms with van der Waals surface area (Å²) < 4.78 is 0. The first-order valence-electron chi connectivity index (χ1n) is 5.09. The van der Waals surface area contributed by atoms with Gasteiger partial charge < -0.3 is 5.11 Å². The van der Waals surface area contributed by atoms with Crippen molar-refractivity contribution in [1.82, 2.24) is 9.88 Å². The molecule has 2 heterocycles. The molecule has 1 aliphatic heterocycles. The molecule has 88 valence electrons. The molecule has 0 aromatic carbocycles. The first kappa shape index (κ1) is 11.3. The number of rotatable bonds is 3. The van der Waals surface area contributed by atoms with Gasteiger partial charge in [-0.25, -0.2) is 4.79 Å². The van der Waals surface area contributed by atoms with Crippen molar-refractivity contribution >= 4 is 17.8 Å². The number of aromatic carboxylic acids is 1. The summed E-state index contributed by atoms with van der Waals surface area (Å²) in [5, 5.41) is 8.69. The van der Waals surface area contributed by atoms with Gasteiger partial charge in [0.15, 0.2) is 0 Å². The maximum Gasteiger partial charge on any atom is 0.337 e. The Morgan fingerprint density at radius 2 is 1.94 bits per heavy atom. The van der Waals surface area contributed by atoms with E-state index < -0.39 is 5.97 Å². The monoisotopic (exact) mass is 234 g/mol. The number of carbonyl (C=O) groups excluding carboxylic acids is 2. The first-order valence-corrected chi connectivity index (χ1v) is 5.09. The standard InChI is InChI=1S/C11H10N2O4/c14-9-3-4-10(15)13(9)6-8-2-1-7(5-12-8)11(16)17/h1-2,5H,3-4,6H2,(H,16,17). The van der Waals surface area contributed by atoms with Gasteiger partial charge in [-0.15, -0.1) is 0 Å². The number of likely N-dealkylation sites (tertiary alicyclic amines) is 1. The number of carboxylic acids is 1. The smallest absolute Gasteiger partial charge is 0.337 e. The zero-order valence-electron chi connectivity index (χ0n) is 8.92. The molecule has 6 heteroatoms. The molecule has 0 unspecified atom stereocenters. The molecule has 17 heavy (non-hydrogen) atoms. The van der Waals surface area contributed by atoms with Crippen LogP contribution in [0.1, 0.15) is 28.9 Å². The molecule has 0 radical (unpaired) electrons. The van der Waals surface area contributed by atoms with Crippen molar-refractivity contribution in [2.24, 2.45) is 0 Å². The SMILES string of the molecule is O=C(O)c1ccc(CN2C(=O)CCC2=O)nc1. The number of carbonyl (C=O) groups is 3. The van der Waals surface area contributed by atoms with Gasteiger partial charge in [0.25, 0.3) is 0 Å². The van der Waals surface area contributed by atoms with E-state index in [1.165, 1.54) is 18.3 Å². The molecule has 1 fully saturated rings. The normalized spacial score (nSPS) is 15.4. The van der Waals surface area contributed by atoms with Gasteiger partial charge in [-0.05, 0) is 12.1 Å². The Kier molecular flexibility index (Phi) is 2.86. The van der Waals surface area contributed by atoms with E-state index in [-0.39, 0.29) is 36.8 Å². The highest BCUT2D eigenvalue weighted by molar-refractivity contribution is 6.01. The Morgan fingerprint density at radius 3 is 2.41 bits per heavy atom. The highest BCUT2D eigenvalue weighted by atomic mass is 16.4. The molecule has 1 aromatic rings. The van der Waals surface area contributed by atoms with Gasteiger partial charge >= 0.3 is 5.97 Å². The van der Waals surface area contributed by atoms with Crippen LogP contribution in [0, 0.1) is 0 Å². The maximum atomic E-state index is 11.3. The summed E-state index contributed by atoms with van der Waals surface area (Å²) >= 11 is 0. The summed E-state index contributed by atoms with van der Waals surface area (Å²) in [4.78, 5) is 38.3. The maximum absolute atomic E-state index is 11.3. The Balaban J connectivity index is 2.11. The molecule has 0 spiro atoms. The minimum Gasteiger partial charge on any atom is -0.478 e. The minimum atomic E-state index is -1.06. The quantitative estimate of drug-likeness (QED) is 0.766. The summed E-state index contributed by atoms with van der Waals surface area (Å²) in [6.07, 6.45) is 1.70. The first-order chi connectivity index (χ1) is 8.08.